The molecule has 2 aromatic rings. The number of hydrogen-bond donors (Lipinski definition) is 1. The Bertz CT molecular complexity index is 742. The molecule has 1 aliphatic rings. The number of imidazole rings is 1. The number of rotatable bonds is 2. The number of carbonyl (C=O) groups excluding carboxylic acids is 1. The minimum atomic E-state index is -0.520. The largest absolute Gasteiger partial charge is 0.628 e. The fraction of sp³-hybridized carbons (Fsp3) is 0.333. The van der Waals surface area contributed by atoms with Crippen molar-refractivity contribution in [1.82, 2.24) is 9.55 Å². The average molecular weight is 322 g/mol. The Morgan fingerprint density at radius 3 is 2.91 bits per heavy atom. The monoisotopic (exact) mass is 321 g/mol. The molecule has 6 nitrogen and oxygen atoms in total. The first-order valence-electron chi connectivity index (χ1n) is 7.03. The predicted molar refractivity (Wildman–Crippen MR) is 81.5 cm³/mol. The quantitative estimate of drug-likeness (QED) is 0.680. The summed E-state index contributed by atoms with van der Waals surface area (Å²) in [4.78, 5) is 16.3. The van der Waals surface area contributed by atoms with Gasteiger partial charge in [0.2, 0.25) is 0 Å². The zero-order valence-corrected chi connectivity index (χ0v) is 13.2. The van der Waals surface area contributed by atoms with Crippen LogP contribution in [0, 0.1) is 5.21 Å². The Balaban J connectivity index is 2.16. The maximum Gasteiger partial charge on any atom is 0.359 e. The fourth-order valence-corrected chi connectivity index (χ4v) is 2.95. The predicted octanol–water partition coefficient (Wildman–Crippen LogP) is 2.18. The van der Waals surface area contributed by atoms with Crippen molar-refractivity contribution in [1.29, 1.82) is 0 Å². The molecule has 1 aromatic carbocycles. The molecule has 2 heterocycles. The molecule has 0 aliphatic carbocycles. The summed E-state index contributed by atoms with van der Waals surface area (Å²) in [6.07, 6.45) is 1.28. The summed E-state index contributed by atoms with van der Waals surface area (Å²) in [6, 6.07) is 4.72. The van der Waals surface area contributed by atoms with Gasteiger partial charge in [0.1, 0.15) is 28.8 Å². The Morgan fingerprint density at radius 2 is 2.23 bits per heavy atom. The number of aromatic nitrogens is 2. The second kappa shape index (κ2) is 5.39. The minimum Gasteiger partial charge on any atom is -0.628 e. The first-order chi connectivity index (χ1) is 10.4. The van der Waals surface area contributed by atoms with Gasteiger partial charge in [-0.1, -0.05) is 17.7 Å². The lowest BCUT2D eigenvalue weighted by molar-refractivity contribution is -0.813. The molecule has 116 valence electrons. The van der Waals surface area contributed by atoms with E-state index in [-0.39, 0.29) is 16.9 Å². The highest BCUT2D eigenvalue weighted by Crippen LogP contribution is 2.34. The van der Waals surface area contributed by atoms with Gasteiger partial charge in [-0.25, -0.2) is 9.78 Å². The summed E-state index contributed by atoms with van der Waals surface area (Å²) in [6.45, 7) is 5.28. The van der Waals surface area contributed by atoms with E-state index in [1.807, 2.05) is 0 Å². The van der Waals surface area contributed by atoms with E-state index in [4.69, 9.17) is 16.3 Å². The number of para-hydroxylation sites is 1. The third kappa shape index (κ3) is 2.20. The van der Waals surface area contributed by atoms with E-state index in [0.717, 1.165) is 0 Å². The molecule has 1 aliphatic heterocycles. The van der Waals surface area contributed by atoms with Gasteiger partial charge in [0.15, 0.2) is 11.4 Å². The fourth-order valence-electron chi connectivity index (χ4n) is 2.69. The molecular formula is C15H16ClN3O3. The van der Waals surface area contributed by atoms with Crippen LogP contribution in [0.5, 0.6) is 0 Å². The minimum absolute atomic E-state index is 0.118. The van der Waals surface area contributed by atoms with Crippen LogP contribution in [0.1, 0.15) is 43.0 Å². The summed E-state index contributed by atoms with van der Waals surface area (Å²) in [7, 11) is 0. The number of hydroxylamine groups is 1. The molecule has 1 aromatic heterocycles. The van der Waals surface area contributed by atoms with E-state index in [9.17, 15) is 10.0 Å². The highest BCUT2D eigenvalue weighted by molar-refractivity contribution is 6.33. The lowest BCUT2D eigenvalue weighted by Crippen LogP contribution is -3.03. The zero-order chi connectivity index (χ0) is 16.0. The molecule has 0 radical (unpaired) electrons. The number of ether oxygens (including phenoxy) is 1. The van der Waals surface area contributed by atoms with Crippen LogP contribution in [0.25, 0.3) is 5.69 Å². The van der Waals surface area contributed by atoms with Gasteiger partial charge in [-0.05, 0) is 32.9 Å². The molecule has 0 fully saturated rings. The number of esters is 1. The maximum atomic E-state index is 12.6. The van der Waals surface area contributed by atoms with E-state index in [2.05, 4.69) is 4.98 Å². The summed E-state index contributed by atoms with van der Waals surface area (Å²) in [5.74, 6) is -0.520. The molecule has 2 unspecified atom stereocenters. The van der Waals surface area contributed by atoms with E-state index >= 15 is 0 Å². The lowest BCUT2D eigenvalue weighted by Gasteiger charge is -2.35. The zero-order valence-electron chi connectivity index (χ0n) is 12.5. The Hall–Kier alpha value is -1.89. The number of nitrogens with one attached hydrogen (secondary N) is 1. The molecule has 0 amide bonds. The summed E-state index contributed by atoms with van der Waals surface area (Å²) < 4.78 is 6.94. The molecule has 0 spiro atoms. The van der Waals surface area contributed by atoms with Gasteiger partial charge >= 0.3 is 5.97 Å². The van der Waals surface area contributed by atoms with Crippen LogP contribution < -0.4 is 5.06 Å². The molecular weight excluding hydrogens is 306 g/mol. The lowest BCUT2D eigenvalue weighted by atomic mass is 10.1. The van der Waals surface area contributed by atoms with Crippen LogP contribution in [0.3, 0.4) is 0 Å². The number of carbonyl (C=O) groups is 1. The van der Waals surface area contributed by atoms with E-state index < -0.39 is 12.0 Å². The van der Waals surface area contributed by atoms with Crippen LogP contribution in [0.2, 0.25) is 5.02 Å². The second-order valence-corrected chi connectivity index (χ2v) is 5.93. The normalized spacial score (nSPS) is 19.7. The van der Waals surface area contributed by atoms with Crippen LogP contribution in [-0.2, 0) is 4.74 Å². The summed E-state index contributed by atoms with van der Waals surface area (Å²) in [5, 5.41) is 12.9. The van der Waals surface area contributed by atoms with Gasteiger partial charge in [-0.15, -0.1) is 0 Å². The molecule has 0 bridgehead atoms. The third-order valence-electron chi connectivity index (χ3n) is 3.64. The molecule has 7 heteroatoms. The number of benzene rings is 1. The molecule has 2 atom stereocenters. The van der Waals surface area contributed by atoms with Gasteiger partial charge in [-0.3, -0.25) is 4.57 Å². The molecule has 22 heavy (non-hydrogen) atoms. The molecule has 0 saturated heterocycles. The van der Waals surface area contributed by atoms with Crippen molar-refractivity contribution in [2.24, 2.45) is 0 Å². The molecule has 1 N–H and O–H groups in total. The molecule has 0 saturated carbocycles. The SMILES string of the molecule is CC(C)OC(=O)c1ncn2c1C(C)[NH+]([O-])c1c(Cl)cccc1-2. The van der Waals surface area contributed by atoms with Crippen molar-refractivity contribution >= 4 is 23.3 Å². The van der Waals surface area contributed by atoms with Crippen LogP contribution in [-0.4, -0.2) is 21.6 Å². The van der Waals surface area contributed by atoms with Crippen molar-refractivity contribution in [2.75, 3.05) is 0 Å². The molecule has 3 rings (SSSR count). The van der Waals surface area contributed by atoms with Crippen molar-refractivity contribution in [3.8, 4) is 5.69 Å². The first kappa shape index (κ1) is 15.0. The van der Waals surface area contributed by atoms with E-state index in [1.165, 1.54) is 6.33 Å². The standard InChI is InChI=1S/C15H16ClN3O3/c1-8(2)22-15(20)12-13-9(3)19(21)14-10(16)5-4-6-11(14)18(13)7-17-12/h4-9,19H,1-3H3. The Morgan fingerprint density at radius 1 is 1.50 bits per heavy atom. The van der Waals surface area contributed by atoms with Crippen LogP contribution in [0.4, 0.5) is 5.69 Å². The number of nitrogens with zero attached hydrogens (tertiary/aromatic N) is 2. The first-order valence-corrected chi connectivity index (χ1v) is 7.41. The highest BCUT2D eigenvalue weighted by atomic mass is 35.5. The smallest absolute Gasteiger partial charge is 0.359 e. The van der Waals surface area contributed by atoms with Crippen molar-refractivity contribution in [3.05, 3.63) is 46.1 Å². The van der Waals surface area contributed by atoms with Crippen molar-refractivity contribution in [2.45, 2.75) is 32.9 Å². The number of quaternary nitrogens is 1. The van der Waals surface area contributed by atoms with E-state index in [1.54, 1.807) is 43.5 Å². The maximum absolute atomic E-state index is 12.6. The van der Waals surface area contributed by atoms with Gasteiger partial charge in [-0.2, -0.15) is 0 Å². The van der Waals surface area contributed by atoms with Gasteiger partial charge in [0, 0.05) is 0 Å². The van der Waals surface area contributed by atoms with Crippen molar-refractivity contribution in [3.63, 3.8) is 0 Å². The van der Waals surface area contributed by atoms with Crippen LogP contribution in [0.15, 0.2) is 24.5 Å². The second-order valence-electron chi connectivity index (χ2n) is 5.52. The van der Waals surface area contributed by atoms with Gasteiger partial charge in [0.25, 0.3) is 0 Å². The van der Waals surface area contributed by atoms with Gasteiger partial charge < -0.3 is 15.0 Å². The third-order valence-corrected chi connectivity index (χ3v) is 3.96. The summed E-state index contributed by atoms with van der Waals surface area (Å²) in [5.41, 5.74) is 1.83. The number of fused-ring (bicyclic) bond motifs is 3. The highest BCUT2D eigenvalue weighted by Gasteiger charge is 2.35. The Kier molecular flexibility index (Phi) is 3.68. The summed E-state index contributed by atoms with van der Waals surface area (Å²) >= 11 is 6.16. The Labute approximate surface area is 132 Å². The van der Waals surface area contributed by atoms with Crippen molar-refractivity contribution < 1.29 is 14.6 Å². The van der Waals surface area contributed by atoms with E-state index in [0.29, 0.717) is 22.1 Å². The average Bonchev–Trinajstić information content (AvgIpc) is 2.89. The number of hydrogen-bond acceptors (Lipinski definition) is 4. The number of halogens is 1. The van der Waals surface area contributed by atoms with Gasteiger partial charge in [0.05, 0.1) is 6.10 Å². The topological polar surface area (TPSA) is 71.6 Å². The van der Waals surface area contributed by atoms with Crippen LogP contribution >= 0.6 is 11.6 Å².